The van der Waals surface area contributed by atoms with E-state index in [4.69, 9.17) is 4.74 Å². The number of aromatic nitrogens is 7. The first-order chi connectivity index (χ1) is 30.8. The van der Waals surface area contributed by atoms with Crippen molar-refractivity contribution in [2.75, 3.05) is 49.5 Å². The number of carbonyl (C=O) groups excluding carboxylic acids is 3. The number of nitrogens with one attached hydrogen (secondary N) is 2. The summed E-state index contributed by atoms with van der Waals surface area (Å²) in [5.74, 6) is 2.89. The van der Waals surface area contributed by atoms with Crippen LogP contribution in [-0.2, 0) is 21.4 Å². The Morgan fingerprint density at radius 3 is 2.52 bits per heavy atom. The number of hydrogen-bond donors (Lipinski definition) is 2. The number of anilines is 2. The quantitative estimate of drug-likeness (QED) is 0.108. The summed E-state index contributed by atoms with van der Waals surface area (Å²) < 4.78 is 68.0. The van der Waals surface area contributed by atoms with Crippen LogP contribution >= 0.6 is 0 Å². The summed E-state index contributed by atoms with van der Waals surface area (Å²) in [5, 5.41) is 13.3. The summed E-state index contributed by atoms with van der Waals surface area (Å²) in [5.41, 5.74) is 1.14. The van der Waals surface area contributed by atoms with E-state index in [0.29, 0.717) is 28.3 Å². The van der Waals surface area contributed by atoms with Crippen molar-refractivity contribution in [3.05, 3.63) is 70.2 Å². The number of alkyl halides is 4. The summed E-state index contributed by atoms with van der Waals surface area (Å²) in [7, 11) is 1.65. The van der Waals surface area contributed by atoms with Crippen molar-refractivity contribution in [1.82, 2.24) is 43.7 Å². The van der Waals surface area contributed by atoms with Crippen molar-refractivity contribution in [3.63, 3.8) is 0 Å². The van der Waals surface area contributed by atoms with E-state index in [2.05, 4.69) is 42.6 Å². The molecule has 20 heteroatoms. The number of halogens is 4. The molecule has 64 heavy (non-hydrogen) atoms. The molecule has 7 heterocycles. The smallest absolute Gasteiger partial charge is 0.329 e. The van der Waals surface area contributed by atoms with Gasteiger partial charge in [-0.25, -0.2) is 31.9 Å². The Labute approximate surface area is 364 Å². The lowest BCUT2D eigenvalue weighted by atomic mass is 9.85. The van der Waals surface area contributed by atoms with Crippen LogP contribution in [0.4, 0.5) is 29.1 Å². The topological polar surface area (TPSA) is 166 Å². The second kappa shape index (κ2) is 17.8. The van der Waals surface area contributed by atoms with Gasteiger partial charge >= 0.3 is 5.69 Å². The molecule has 9 rings (SSSR count). The summed E-state index contributed by atoms with van der Waals surface area (Å²) in [6.07, 6.45) is 6.37. The first-order valence-corrected chi connectivity index (χ1v) is 21.8. The number of ether oxygens (including phenoxy) is 1. The molecule has 3 amide bonds. The van der Waals surface area contributed by atoms with Gasteiger partial charge in [0.05, 0.1) is 40.6 Å². The lowest BCUT2D eigenvalue weighted by Crippen LogP contribution is -2.44. The number of aryl methyl sites for hydroxylation is 1. The van der Waals surface area contributed by atoms with E-state index in [1.54, 1.807) is 41.0 Å². The van der Waals surface area contributed by atoms with Gasteiger partial charge in [-0.3, -0.25) is 33.5 Å². The van der Waals surface area contributed by atoms with Crippen molar-refractivity contribution < 1.29 is 36.7 Å². The average molecular weight is 888 g/mol. The van der Waals surface area contributed by atoms with Gasteiger partial charge in [-0.2, -0.15) is 10.2 Å². The van der Waals surface area contributed by atoms with Crippen LogP contribution in [0.25, 0.3) is 16.7 Å². The maximum Gasteiger partial charge on any atom is 0.329 e. The number of amides is 3. The normalized spacial score (nSPS) is 22.2. The molecule has 338 valence electrons. The van der Waals surface area contributed by atoms with Crippen LogP contribution in [0.2, 0.25) is 0 Å². The first-order valence-electron chi connectivity index (χ1n) is 21.8. The number of likely N-dealkylation sites (tertiary alicyclic amines) is 1. The molecule has 0 spiro atoms. The summed E-state index contributed by atoms with van der Waals surface area (Å²) >= 11 is 0. The minimum absolute atomic E-state index is 0.0587. The van der Waals surface area contributed by atoms with E-state index in [1.165, 1.54) is 26.0 Å². The van der Waals surface area contributed by atoms with Crippen LogP contribution in [0.5, 0.6) is 0 Å². The molecule has 4 aliphatic rings. The first kappa shape index (κ1) is 43.2. The van der Waals surface area contributed by atoms with Gasteiger partial charge in [0.1, 0.15) is 24.0 Å². The largest absolute Gasteiger partial charge is 0.365 e. The third-order valence-corrected chi connectivity index (χ3v) is 13.1. The molecule has 4 fully saturated rings. The fourth-order valence-corrected chi connectivity index (χ4v) is 9.57. The molecule has 0 bridgehead atoms. The van der Waals surface area contributed by atoms with E-state index >= 15 is 0 Å². The third kappa shape index (κ3) is 8.87. The number of nitrogens with zero attached hydrogens (tertiary/aromatic N) is 9. The highest BCUT2D eigenvalue weighted by Crippen LogP contribution is 2.36. The zero-order chi connectivity index (χ0) is 44.7. The van der Waals surface area contributed by atoms with E-state index in [-0.39, 0.29) is 86.0 Å². The molecule has 4 aromatic heterocycles. The fraction of sp³-hybridized carbons (Fsp3) is 0.523. The third-order valence-electron chi connectivity index (χ3n) is 13.1. The van der Waals surface area contributed by atoms with Crippen molar-refractivity contribution in [1.29, 1.82) is 0 Å². The van der Waals surface area contributed by atoms with Crippen molar-refractivity contribution >= 4 is 45.9 Å². The second-order valence-corrected chi connectivity index (χ2v) is 17.3. The average Bonchev–Trinajstić information content (AvgIpc) is 3.97. The number of fused-ring (bicyclic) bond motifs is 2. The maximum atomic E-state index is 14.3. The zero-order valence-corrected chi connectivity index (χ0v) is 35.3. The number of benzene rings is 1. The van der Waals surface area contributed by atoms with Gasteiger partial charge in [-0.05, 0) is 69.1 Å². The minimum atomic E-state index is -2.92. The predicted molar refractivity (Wildman–Crippen MR) is 226 cm³/mol. The van der Waals surface area contributed by atoms with Gasteiger partial charge in [-0.15, -0.1) is 0 Å². The Bertz CT molecular complexity index is 2690. The standard InChI is InChI=1S/C44H49F4N11O5/c1-54-38-28(4-2-6-33(38)59(43(54)63)34-11-12-36(60)52-42(34)62)5-3-23-64-30-13-18-55(19-14-30)25-27-7-9-29(10-8-27)58-26-32(37(53-58)39(45)46)50-41(61)31-24-49-57-20-15-35(51-40(31)57)56-21-16-44(47,48)17-22-56/h2,4,6,15,20,24,26-27,29-30,34,39H,7-14,16-19,21-23,25H2,1H3,(H,50,61)(H,52,60,62). The van der Waals surface area contributed by atoms with Crippen LogP contribution in [0.1, 0.15) is 104 Å². The van der Waals surface area contributed by atoms with E-state index in [1.807, 2.05) is 6.07 Å². The molecule has 5 aromatic rings. The van der Waals surface area contributed by atoms with Gasteiger partial charge in [0.2, 0.25) is 11.8 Å². The second-order valence-electron chi connectivity index (χ2n) is 17.3. The fourth-order valence-electron chi connectivity index (χ4n) is 9.57. The SMILES string of the molecule is Cn1c(=O)n(C2CCC(=O)NC2=O)c2cccc(C#CCOC3CCN(CC4CCC(n5cc(NC(=O)c6cnn7ccc(N8CCC(F)(F)CC8)nc67)c(C(F)F)n5)CC4)CC3)c21. The van der Waals surface area contributed by atoms with Crippen molar-refractivity contribution in [2.45, 2.75) is 94.7 Å². The monoisotopic (exact) mass is 887 g/mol. The highest BCUT2D eigenvalue weighted by molar-refractivity contribution is 6.08. The summed E-state index contributed by atoms with van der Waals surface area (Å²) in [4.78, 5) is 59.7. The van der Waals surface area contributed by atoms with Gasteiger partial charge < -0.3 is 19.9 Å². The molecule has 1 saturated carbocycles. The molecule has 1 aromatic carbocycles. The molecule has 1 unspecified atom stereocenters. The molecular weight excluding hydrogens is 839 g/mol. The van der Waals surface area contributed by atoms with Gasteiger partial charge in [0, 0.05) is 71.4 Å². The Balaban J connectivity index is 0.748. The van der Waals surface area contributed by atoms with Crippen molar-refractivity contribution in [2.24, 2.45) is 13.0 Å². The predicted octanol–water partition coefficient (Wildman–Crippen LogP) is 5.25. The highest BCUT2D eigenvalue weighted by atomic mass is 19.3. The molecule has 3 aliphatic heterocycles. The number of piperidine rings is 3. The van der Waals surface area contributed by atoms with Gasteiger partial charge in [0.25, 0.3) is 18.3 Å². The lowest BCUT2D eigenvalue weighted by Gasteiger charge is -2.36. The Kier molecular flexibility index (Phi) is 12.0. The van der Waals surface area contributed by atoms with Crippen LogP contribution in [-0.4, -0.2) is 107 Å². The van der Waals surface area contributed by atoms with Crippen LogP contribution < -0.4 is 21.2 Å². The maximum absolute atomic E-state index is 14.3. The summed E-state index contributed by atoms with van der Waals surface area (Å²) in [6, 6.07) is 6.18. The Morgan fingerprint density at radius 1 is 1.02 bits per heavy atom. The molecule has 1 atom stereocenters. The number of carbonyl (C=O) groups is 3. The van der Waals surface area contributed by atoms with Crippen LogP contribution in [0.15, 0.2) is 47.7 Å². The van der Waals surface area contributed by atoms with Crippen LogP contribution in [0, 0.1) is 17.8 Å². The molecule has 16 nitrogen and oxygen atoms in total. The van der Waals surface area contributed by atoms with E-state index < -0.39 is 35.9 Å². The highest BCUT2D eigenvalue weighted by Gasteiger charge is 2.35. The number of imide groups is 1. The van der Waals surface area contributed by atoms with Gasteiger partial charge in [-0.1, -0.05) is 17.9 Å². The minimum Gasteiger partial charge on any atom is -0.365 e. The van der Waals surface area contributed by atoms with E-state index in [9.17, 15) is 36.7 Å². The number of imidazole rings is 1. The lowest BCUT2D eigenvalue weighted by molar-refractivity contribution is -0.135. The molecule has 2 N–H and O–H groups in total. The van der Waals surface area contributed by atoms with E-state index in [0.717, 1.165) is 58.2 Å². The van der Waals surface area contributed by atoms with Gasteiger partial charge in [0.15, 0.2) is 11.3 Å². The zero-order valence-electron chi connectivity index (χ0n) is 35.3. The number of para-hydroxylation sites is 1. The van der Waals surface area contributed by atoms with Crippen molar-refractivity contribution in [3.8, 4) is 11.8 Å². The number of rotatable bonds is 10. The summed E-state index contributed by atoms with van der Waals surface area (Å²) in [6.45, 7) is 3.15. The molecule has 3 saturated heterocycles. The molecule has 1 aliphatic carbocycles. The van der Waals surface area contributed by atoms with Crippen LogP contribution in [0.3, 0.4) is 0 Å². The Morgan fingerprint density at radius 2 is 1.78 bits per heavy atom. The molecule has 0 radical (unpaired) electrons. The molecular formula is C44H49F4N11O5. The Hall–Kier alpha value is -6.07. The number of hydrogen-bond acceptors (Lipinski definition) is 10.